The average Bonchev–Trinajstić information content (AvgIpc) is 2.58. The number of piperidine rings is 1. The number of benzene rings is 2. The minimum absolute atomic E-state index is 0.0247. The third kappa shape index (κ3) is 3.37. The first kappa shape index (κ1) is 14.8. The van der Waals surface area contributed by atoms with Crippen LogP contribution in [0.2, 0.25) is 0 Å². The average molecular weight is 295 g/mol. The summed E-state index contributed by atoms with van der Waals surface area (Å²) < 4.78 is 5.19. The Balaban J connectivity index is 1.71. The van der Waals surface area contributed by atoms with E-state index in [1.54, 1.807) is 7.11 Å². The Morgan fingerprint density at radius 3 is 2.50 bits per heavy atom. The maximum Gasteiger partial charge on any atom is 0.142 e. The summed E-state index contributed by atoms with van der Waals surface area (Å²) in [4.78, 5) is 14.7. The molecule has 2 aromatic rings. The Kier molecular flexibility index (Phi) is 4.54. The van der Waals surface area contributed by atoms with Crippen LogP contribution in [0.5, 0.6) is 5.75 Å². The lowest BCUT2D eigenvalue weighted by Gasteiger charge is -2.32. The number of hydrogen-bond acceptors (Lipinski definition) is 3. The van der Waals surface area contributed by atoms with Crippen LogP contribution < -0.4 is 4.74 Å². The summed E-state index contributed by atoms with van der Waals surface area (Å²) in [5, 5.41) is 0. The second-order valence-electron chi connectivity index (χ2n) is 5.76. The van der Waals surface area contributed by atoms with Gasteiger partial charge in [0.1, 0.15) is 11.5 Å². The predicted octanol–water partition coefficient (Wildman–Crippen LogP) is 3.25. The molecule has 1 saturated heterocycles. The Labute approximate surface area is 131 Å². The normalized spacial score (nSPS) is 19.1. The van der Waals surface area contributed by atoms with E-state index in [0.29, 0.717) is 12.2 Å². The highest BCUT2D eigenvalue weighted by atomic mass is 16.5. The highest BCUT2D eigenvalue weighted by Crippen LogP contribution is 2.26. The lowest BCUT2D eigenvalue weighted by Crippen LogP contribution is -2.39. The molecule has 3 nitrogen and oxygen atoms in total. The molecule has 1 atom stereocenters. The summed E-state index contributed by atoms with van der Waals surface area (Å²) >= 11 is 0. The largest absolute Gasteiger partial charge is 0.497 e. The molecule has 1 unspecified atom stereocenters. The zero-order valence-electron chi connectivity index (χ0n) is 12.9. The van der Waals surface area contributed by atoms with Crippen LogP contribution in [0, 0.1) is 0 Å². The molecule has 2 aromatic carbocycles. The fourth-order valence-corrected chi connectivity index (χ4v) is 3.01. The molecular formula is C19H21NO2. The second-order valence-corrected chi connectivity index (χ2v) is 5.76. The quantitative estimate of drug-likeness (QED) is 0.867. The maximum absolute atomic E-state index is 12.3. The lowest BCUT2D eigenvalue weighted by atomic mass is 9.89. The standard InChI is InChI=1S/C19H21NO2/c1-22-17-9-7-16(8-10-17)18-14-20(12-11-19(18)21)13-15-5-3-2-4-6-15/h2-10,18H,11-14H2,1H3. The van der Waals surface area contributed by atoms with Gasteiger partial charge in [0.2, 0.25) is 0 Å². The molecule has 0 aliphatic carbocycles. The first-order valence-electron chi connectivity index (χ1n) is 7.69. The Bertz CT molecular complexity index is 622. The van der Waals surface area contributed by atoms with E-state index < -0.39 is 0 Å². The summed E-state index contributed by atoms with van der Waals surface area (Å²) in [5.74, 6) is 1.14. The Hall–Kier alpha value is -2.13. The van der Waals surface area contributed by atoms with E-state index in [1.807, 2.05) is 30.3 Å². The van der Waals surface area contributed by atoms with Gasteiger partial charge in [0.25, 0.3) is 0 Å². The van der Waals surface area contributed by atoms with Crippen LogP contribution in [0.1, 0.15) is 23.5 Å². The van der Waals surface area contributed by atoms with Crippen LogP contribution in [-0.2, 0) is 11.3 Å². The molecule has 1 fully saturated rings. The van der Waals surface area contributed by atoms with E-state index in [-0.39, 0.29) is 5.92 Å². The number of Topliss-reactive ketones (excluding diaryl/α,β-unsaturated/α-hetero) is 1. The summed E-state index contributed by atoms with van der Waals surface area (Å²) in [7, 11) is 1.66. The van der Waals surface area contributed by atoms with Crippen LogP contribution in [0.25, 0.3) is 0 Å². The van der Waals surface area contributed by atoms with Crippen molar-refractivity contribution in [2.75, 3.05) is 20.2 Å². The number of hydrogen-bond donors (Lipinski definition) is 0. The third-order valence-corrected chi connectivity index (χ3v) is 4.27. The molecule has 3 rings (SSSR count). The van der Waals surface area contributed by atoms with Gasteiger partial charge in [0.15, 0.2) is 0 Å². The topological polar surface area (TPSA) is 29.5 Å². The van der Waals surface area contributed by atoms with Crippen LogP contribution >= 0.6 is 0 Å². The molecule has 0 amide bonds. The zero-order valence-corrected chi connectivity index (χ0v) is 12.9. The van der Waals surface area contributed by atoms with Crippen molar-refractivity contribution in [1.82, 2.24) is 4.90 Å². The number of carbonyl (C=O) groups excluding carboxylic acids is 1. The number of carbonyl (C=O) groups is 1. The van der Waals surface area contributed by atoms with Gasteiger partial charge in [0, 0.05) is 26.1 Å². The molecule has 114 valence electrons. The van der Waals surface area contributed by atoms with Crippen LogP contribution in [0.3, 0.4) is 0 Å². The van der Waals surface area contributed by atoms with Gasteiger partial charge in [0.05, 0.1) is 13.0 Å². The molecular weight excluding hydrogens is 274 g/mol. The van der Waals surface area contributed by atoms with E-state index in [2.05, 4.69) is 29.2 Å². The molecule has 3 heteroatoms. The number of ether oxygens (including phenoxy) is 1. The summed E-state index contributed by atoms with van der Waals surface area (Å²) in [5.41, 5.74) is 2.38. The fourth-order valence-electron chi connectivity index (χ4n) is 3.01. The molecule has 22 heavy (non-hydrogen) atoms. The molecule has 1 heterocycles. The molecule has 1 aliphatic rings. The van der Waals surface area contributed by atoms with Gasteiger partial charge >= 0.3 is 0 Å². The van der Waals surface area contributed by atoms with Crippen LogP contribution in [0.15, 0.2) is 54.6 Å². The number of ketones is 1. The SMILES string of the molecule is COc1ccc(C2CN(Cc3ccccc3)CCC2=O)cc1. The first-order valence-corrected chi connectivity index (χ1v) is 7.69. The maximum atomic E-state index is 12.3. The molecule has 1 aliphatic heterocycles. The summed E-state index contributed by atoms with van der Waals surface area (Å²) in [6, 6.07) is 18.3. The summed E-state index contributed by atoms with van der Waals surface area (Å²) in [6.07, 6.45) is 0.629. The molecule has 0 saturated carbocycles. The van der Waals surface area contributed by atoms with Crippen molar-refractivity contribution in [1.29, 1.82) is 0 Å². The first-order chi connectivity index (χ1) is 10.8. The second kappa shape index (κ2) is 6.75. The van der Waals surface area contributed by atoms with Gasteiger partial charge in [-0.2, -0.15) is 0 Å². The minimum atomic E-state index is -0.0247. The molecule has 0 spiro atoms. The summed E-state index contributed by atoms with van der Waals surface area (Å²) in [6.45, 7) is 2.54. The van der Waals surface area contributed by atoms with Crippen LogP contribution in [-0.4, -0.2) is 30.9 Å². The smallest absolute Gasteiger partial charge is 0.142 e. The molecule has 0 bridgehead atoms. The highest BCUT2D eigenvalue weighted by Gasteiger charge is 2.28. The zero-order chi connectivity index (χ0) is 15.4. The lowest BCUT2D eigenvalue weighted by molar-refractivity contribution is -0.123. The van der Waals surface area contributed by atoms with Crippen molar-refractivity contribution in [3.63, 3.8) is 0 Å². The van der Waals surface area contributed by atoms with Crippen molar-refractivity contribution < 1.29 is 9.53 Å². The van der Waals surface area contributed by atoms with Gasteiger partial charge in [-0.25, -0.2) is 0 Å². The van der Waals surface area contributed by atoms with Crippen molar-refractivity contribution in [2.24, 2.45) is 0 Å². The van der Waals surface area contributed by atoms with Gasteiger partial charge in [-0.05, 0) is 23.3 Å². The molecule has 0 N–H and O–H groups in total. The fraction of sp³-hybridized carbons (Fsp3) is 0.316. The number of likely N-dealkylation sites (tertiary alicyclic amines) is 1. The highest BCUT2D eigenvalue weighted by molar-refractivity contribution is 5.86. The van der Waals surface area contributed by atoms with Crippen molar-refractivity contribution in [2.45, 2.75) is 18.9 Å². The number of nitrogens with zero attached hydrogens (tertiary/aromatic N) is 1. The monoisotopic (exact) mass is 295 g/mol. The Morgan fingerprint density at radius 2 is 1.82 bits per heavy atom. The molecule has 0 radical (unpaired) electrons. The van der Waals surface area contributed by atoms with Gasteiger partial charge in [-0.15, -0.1) is 0 Å². The van der Waals surface area contributed by atoms with Gasteiger partial charge in [-0.1, -0.05) is 42.5 Å². The van der Waals surface area contributed by atoms with E-state index >= 15 is 0 Å². The van der Waals surface area contributed by atoms with Gasteiger partial charge < -0.3 is 4.74 Å². The van der Waals surface area contributed by atoms with E-state index in [4.69, 9.17) is 4.74 Å². The number of methoxy groups -OCH3 is 1. The van der Waals surface area contributed by atoms with Gasteiger partial charge in [-0.3, -0.25) is 9.69 Å². The van der Waals surface area contributed by atoms with E-state index in [9.17, 15) is 4.79 Å². The van der Waals surface area contributed by atoms with Crippen molar-refractivity contribution >= 4 is 5.78 Å². The van der Waals surface area contributed by atoms with Crippen molar-refractivity contribution in [3.8, 4) is 5.75 Å². The van der Waals surface area contributed by atoms with E-state index in [1.165, 1.54) is 5.56 Å². The number of rotatable bonds is 4. The Morgan fingerprint density at radius 1 is 1.09 bits per heavy atom. The predicted molar refractivity (Wildman–Crippen MR) is 87.1 cm³/mol. The van der Waals surface area contributed by atoms with Crippen molar-refractivity contribution in [3.05, 3.63) is 65.7 Å². The minimum Gasteiger partial charge on any atom is -0.497 e. The third-order valence-electron chi connectivity index (χ3n) is 4.27. The molecule has 0 aromatic heterocycles. The van der Waals surface area contributed by atoms with E-state index in [0.717, 1.165) is 30.9 Å². The van der Waals surface area contributed by atoms with Crippen LogP contribution in [0.4, 0.5) is 0 Å².